The average Bonchev–Trinajstić information content (AvgIpc) is 2.71. The molecule has 1 aliphatic rings. The van der Waals surface area contributed by atoms with Crippen molar-refractivity contribution >= 4 is 21.7 Å². The Bertz CT molecular complexity index is 453. The van der Waals surface area contributed by atoms with E-state index in [1.165, 1.54) is 0 Å². The number of amides is 1. The molecular formula is C12H21NO5S. The minimum atomic E-state index is -3.10. The van der Waals surface area contributed by atoms with Gasteiger partial charge in [0.2, 0.25) is 5.91 Å². The zero-order valence-corrected chi connectivity index (χ0v) is 12.1. The van der Waals surface area contributed by atoms with Gasteiger partial charge in [-0.25, -0.2) is 8.42 Å². The van der Waals surface area contributed by atoms with Gasteiger partial charge in [0.15, 0.2) is 9.84 Å². The quantitative estimate of drug-likeness (QED) is 0.739. The first-order valence-corrected chi connectivity index (χ1v) is 8.30. The van der Waals surface area contributed by atoms with E-state index in [1.54, 1.807) is 13.8 Å². The minimum Gasteiger partial charge on any atom is -0.481 e. The number of carbonyl (C=O) groups excluding carboxylic acids is 1. The average molecular weight is 291 g/mol. The highest BCUT2D eigenvalue weighted by Gasteiger charge is 2.37. The first-order chi connectivity index (χ1) is 8.76. The van der Waals surface area contributed by atoms with Crippen LogP contribution in [0.3, 0.4) is 0 Å². The van der Waals surface area contributed by atoms with Crippen molar-refractivity contribution in [1.29, 1.82) is 0 Å². The fourth-order valence-corrected chi connectivity index (χ4v) is 4.02. The molecule has 1 saturated heterocycles. The highest BCUT2D eigenvalue weighted by Crippen LogP contribution is 2.26. The van der Waals surface area contributed by atoms with Gasteiger partial charge in [0.1, 0.15) is 0 Å². The van der Waals surface area contributed by atoms with Crippen LogP contribution in [-0.2, 0) is 19.4 Å². The van der Waals surface area contributed by atoms with Crippen LogP contribution in [0.1, 0.15) is 33.1 Å². The van der Waals surface area contributed by atoms with Crippen molar-refractivity contribution in [2.45, 2.75) is 33.1 Å². The number of hydrogen-bond acceptors (Lipinski definition) is 4. The van der Waals surface area contributed by atoms with Crippen molar-refractivity contribution in [1.82, 2.24) is 5.32 Å². The van der Waals surface area contributed by atoms with E-state index in [0.29, 0.717) is 19.3 Å². The molecule has 0 aliphatic carbocycles. The maximum absolute atomic E-state index is 11.9. The Balaban J connectivity index is 2.61. The molecule has 2 N–H and O–H groups in total. The molecule has 7 heteroatoms. The SMILES string of the molecule is CCC(CC)(CNC(=O)C1CCS(=O)(=O)C1)C(=O)O. The van der Waals surface area contributed by atoms with Crippen molar-refractivity contribution in [3.8, 4) is 0 Å². The molecule has 1 fully saturated rings. The molecule has 0 aromatic heterocycles. The van der Waals surface area contributed by atoms with Gasteiger partial charge in [-0.05, 0) is 19.3 Å². The number of nitrogens with one attached hydrogen (secondary N) is 1. The molecule has 0 bridgehead atoms. The summed E-state index contributed by atoms with van der Waals surface area (Å²) in [7, 11) is -3.10. The fraction of sp³-hybridized carbons (Fsp3) is 0.833. The van der Waals surface area contributed by atoms with Crippen LogP contribution in [-0.4, -0.2) is 43.5 Å². The third-order valence-corrected chi connectivity index (χ3v) is 5.78. The monoisotopic (exact) mass is 291 g/mol. The van der Waals surface area contributed by atoms with Gasteiger partial charge in [-0.15, -0.1) is 0 Å². The Labute approximate surface area is 113 Å². The molecule has 1 aliphatic heterocycles. The summed E-state index contributed by atoms with van der Waals surface area (Å²) in [4.78, 5) is 23.1. The molecule has 0 aromatic rings. The predicted octanol–water partition coefficient (Wildman–Crippen LogP) is 0.428. The minimum absolute atomic E-state index is 0.0384. The summed E-state index contributed by atoms with van der Waals surface area (Å²) >= 11 is 0. The van der Waals surface area contributed by atoms with Gasteiger partial charge < -0.3 is 10.4 Å². The highest BCUT2D eigenvalue weighted by molar-refractivity contribution is 7.91. The van der Waals surface area contributed by atoms with E-state index >= 15 is 0 Å². The molecule has 1 atom stereocenters. The van der Waals surface area contributed by atoms with Gasteiger partial charge in [-0.1, -0.05) is 13.8 Å². The molecule has 1 amide bonds. The summed E-state index contributed by atoms with van der Waals surface area (Å²) in [6, 6.07) is 0. The lowest BCUT2D eigenvalue weighted by molar-refractivity contribution is -0.149. The number of sulfone groups is 1. The topological polar surface area (TPSA) is 101 Å². The molecule has 1 unspecified atom stereocenters. The van der Waals surface area contributed by atoms with Crippen LogP contribution in [0.15, 0.2) is 0 Å². The second-order valence-corrected chi connectivity index (χ2v) is 7.34. The van der Waals surface area contributed by atoms with Crippen LogP contribution in [0.5, 0.6) is 0 Å². The largest absolute Gasteiger partial charge is 0.481 e. The van der Waals surface area contributed by atoms with Crippen LogP contribution in [0.2, 0.25) is 0 Å². The molecule has 6 nitrogen and oxygen atoms in total. The van der Waals surface area contributed by atoms with Crippen LogP contribution in [0.25, 0.3) is 0 Å². The third kappa shape index (κ3) is 3.68. The maximum Gasteiger partial charge on any atom is 0.311 e. The first kappa shape index (κ1) is 15.9. The third-order valence-electron chi connectivity index (χ3n) is 4.01. The number of hydrogen-bond donors (Lipinski definition) is 2. The Morgan fingerprint density at radius 3 is 2.26 bits per heavy atom. The predicted molar refractivity (Wildman–Crippen MR) is 70.4 cm³/mol. The molecule has 110 valence electrons. The van der Waals surface area contributed by atoms with Gasteiger partial charge in [-0.2, -0.15) is 0 Å². The first-order valence-electron chi connectivity index (χ1n) is 6.48. The Morgan fingerprint density at radius 1 is 1.32 bits per heavy atom. The maximum atomic E-state index is 11.9. The lowest BCUT2D eigenvalue weighted by Crippen LogP contribution is -2.44. The second kappa shape index (κ2) is 5.90. The molecule has 0 spiro atoms. The molecule has 1 rings (SSSR count). The van der Waals surface area contributed by atoms with Gasteiger partial charge in [0, 0.05) is 6.54 Å². The Kier molecular flexibility index (Phi) is 4.95. The van der Waals surface area contributed by atoms with Crippen molar-refractivity contribution in [2.75, 3.05) is 18.1 Å². The normalized spacial score (nSPS) is 22.1. The molecule has 0 saturated carbocycles. The fourth-order valence-electron chi connectivity index (χ4n) is 2.28. The lowest BCUT2D eigenvalue weighted by atomic mass is 9.82. The van der Waals surface area contributed by atoms with Crippen LogP contribution < -0.4 is 5.32 Å². The Hall–Kier alpha value is -1.11. The van der Waals surface area contributed by atoms with E-state index in [2.05, 4.69) is 5.32 Å². The van der Waals surface area contributed by atoms with E-state index in [-0.39, 0.29) is 24.0 Å². The van der Waals surface area contributed by atoms with Gasteiger partial charge in [-0.3, -0.25) is 9.59 Å². The summed E-state index contributed by atoms with van der Waals surface area (Å²) in [6.45, 7) is 3.58. The van der Waals surface area contributed by atoms with Crippen molar-refractivity contribution < 1.29 is 23.1 Å². The number of carboxylic acids is 1. The van der Waals surface area contributed by atoms with Gasteiger partial charge in [0.25, 0.3) is 0 Å². The van der Waals surface area contributed by atoms with Crippen LogP contribution >= 0.6 is 0 Å². The van der Waals surface area contributed by atoms with E-state index in [4.69, 9.17) is 0 Å². The number of aliphatic carboxylic acids is 1. The molecular weight excluding hydrogens is 270 g/mol. The van der Waals surface area contributed by atoms with E-state index in [0.717, 1.165) is 0 Å². The van der Waals surface area contributed by atoms with E-state index in [1.807, 2.05) is 0 Å². The molecule has 0 aromatic carbocycles. The highest BCUT2D eigenvalue weighted by atomic mass is 32.2. The number of rotatable bonds is 6. The Morgan fingerprint density at radius 2 is 1.89 bits per heavy atom. The number of carboxylic acid groups (broad SMARTS) is 1. The summed E-state index contributed by atoms with van der Waals surface area (Å²) in [5.74, 6) is -1.91. The number of carbonyl (C=O) groups is 2. The lowest BCUT2D eigenvalue weighted by Gasteiger charge is -2.27. The zero-order valence-electron chi connectivity index (χ0n) is 11.3. The standard InChI is InChI=1S/C12H21NO5S/c1-3-12(4-2,11(15)16)8-13-10(14)9-5-6-19(17,18)7-9/h9H,3-8H2,1-2H3,(H,13,14)(H,15,16). The van der Waals surface area contributed by atoms with E-state index < -0.39 is 27.1 Å². The zero-order chi connectivity index (χ0) is 14.7. The summed E-state index contributed by atoms with van der Waals surface area (Å²) in [6.07, 6.45) is 1.16. The summed E-state index contributed by atoms with van der Waals surface area (Å²) in [5, 5.41) is 11.8. The summed E-state index contributed by atoms with van der Waals surface area (Å²) < 4.78 is 22.6. The van der Waals surface area contributed by atoms with Crippen molar-refractivity contribution in [3.63, 3.8) is 0 Å². The van der Waals surface area contributed by atoms with Crippen LogP contribution in [0.4, 0.5) is 0 Å². The molecule has 1 heterocycles. The second-order valence-electron chi connectivity index (χ2n) is 5.11. The summed E-state index contributed by atoms with van der Waals surface area (Å²) in [5.41, 5.74) is -0.965. The molecule has 0 radical (unpaired) electrons. The van der Waals surface area contributed by atoms with Gasteiger partial charge >= 0.3 is 5.97 Å². The van der Waals surface area contributed by atoms with Crippen molar-refractivity contribution in [3.05, 3.63) is 0 Å². The van der Waals surface area contributed by atoms with Crippen molar-refractivity contribution in [2.24, 2.45) is 11.3 Å². The smallest absolute Gasteiger partial charge is 0.311 e. The molecule has 19 heavy (non-hydrogen) atoms. The van der Waals surface area contributed by atoms with Gasteiger partial charge in [0.05, 0.1) is 22.8 Å². The van der Waals surface area contributed by atoms with Crippen LogP contribution in [0, 0.1) is 11.3 Å². The van der Waals surface area contributed by atoms with E-state index in [9.17, 15) is 23.1 Å².